The second-order valence-electron chi connectivity index (χ2n) is 3.10. The number of halogens is 2. The van der Waals surface area contributed by atoms with Crippen LogP contribution in [-0.2, 0) is 10.0 Å². The average Bonchev–Trinajstić information content (AvgIpc) is 2.28. The van der Waals surface area contributed by atoms with Gasteiger partial charge in [0.2, 0.25) is 10.0 Å². The van der Waals surface area contributed by atoms with E-state index in [-0.39, 0.29) is 23.0 Å². The maximum absolute atomic E-state index is 11.9. The lowest BCUT2D eigenvalue weighted by Crippen LogP contribution is -2.29. The Balaban J connectivity index is 3.19. The zero-order valence-electron chi connectivity index (χ0n) is 9.04. The first-order valence-corrected chi connectivity index (χ1v) is 7.30. The maximum atomic E-state index is 11.9. The van der Waals surface area contributed by atoms with Gasteiger partial charge in [0.15, 0.2) is 0 Å². The van der Waals surface area contributed by atoms with Crippen molar-refractivity contribution in [3.63, 3.8) is 0 Å². The fourth-order valence-corrected chi connectivity index (χ4v) is 3.54. The van der Waals surface area contributed by atoms with Crippen molar-refractivity contribution in [3.8, 4) is 5.75 Å². The molecule has 3 N–H and O–H groups in total. The normalized spacial score (nSPS) is 11.5. The Bertz CT molecular complexity index is 507. The summed E-state index contributed by atoms with van der Waals surface area (Å²) in [5.41, 5.74) is 5.24. The smallest absolute Gasteiger partial charge is 0.241 e. The van der Waals surface area contributed by atoms with E-state index in [1.807, 2.05) is 0 Å². The van der Waals surface area contributed by atoms with E-state index >= 15 is 0 Å². The van der Waals surface area contributed by atoms with Gasteiger partial charge < -0.3 is 10.5 Å². The molecular weight excluding hydrogens is 332 g/mol. The van der Waals surface area contributed by atoms with Crippen LogP contribution in [0.1, 0.15) is 0 Å². The van der Waals surface area contributed by atoms with Crippen molar-refractivity contribution in [2.75, 3.05) is 20.2 Å². The molecular formula is C9H12BrClN2O3S. The van der Waals surface area contributed by atoms with Crippen LogP contribution in [0.25, 0.3) is 0 Å². The van der Waals surface area contributed by atoms with Gasteiger partial charge in [-0.3, -0.25) is 0 Å². The standard InChI is InChI=1S/C9H12BrClN2O3S/c1-16-8-4-6(10)9(5-7(8)11)17(14,15)13-3-2-12/h4-5,13H,2-3,12H2,1H3. The molecule has 0 aliphatic carbocycles. The molecule has 8 heteroatoms. The van der Waals surface area contributed by atoms with E-state index in [0.29, 0.717) is 10.2 Å². The van der Waals surface area contributed by atoms with Gasteiger partial charge in [0.25, 0.3) is 0 Å². The molecule has 0 amide bonds. The van der Waals surface area contributed by atoms with Gasteiger partial charge in [-0.05, 0) is 28.1 Å². The first-order valence-electron chi connectivity index (χ1n) is 4.65. The topological polar surface area (TPSA) is 81.4 Å². The summed E-state index contributed by atoms with van der Waals surface area (Å²) in [6, 6.07) is 2.82. The van der Waals surface area contributed by atoms with Crippen LogP contribution in [0.15, 0.2) is 21.5 Å². The van der Waals surface area contributed by atoms with Gasteiger partial charge in [-0.2, -0.15) is 0 Å². The molecule has 0 heterocycles. The highest BCUT2D eigenvalue weighted by atomic mass is 79.9. The van der Waals surface area contributed by atoms with Gasteiger partial charge in [-0.15, -0.1) is 0 Å². The zero-order valence-corrected chi connectivity index (χ0v) is 12.2. The lowest BCUT2D eigenvalue weighted by molar-refractivity contribution is 0.414. The van der Waals surface area contributed by atoms with Crippen LogP contribution < -0.4 is 15.2 Å². The Hall–Kier alpha value is -0.340. The molecule has 0 radical (unpaired) electrons. The maximum Gasteiger partial charge on any atom is 0.241 e. The highest BCUT2D eigenvalue weighted by Gasteiger charge is 2.19. The van der Waals surface area contributed by atoms with Crippen LogP contribution in [0, 0.1) is 0 Å². The molecule has 0 saturated carbocycles. The number of nitrogens with two attached hydrogens (primary N) is 1. The SMILES string of the molecule is COc1cc(Br)c(S(=O)(=O)NCCN)cc1Cl. The monoisotopic (exact) mass is 342 g/mol. The molecule has 0 saturated heterocycles. The second-order valence-corrected chi connectivity index (χ2v) is 6.10. The number of methoxy groups -OCH3 is 1. The summed E-state index contributed by atoms with van der Waals surface area (Å²) in [4.78, 5) is 0.0525. The van der Waals surface area contributed by atoms with Crippen LogP contribution in [0.5, 0.6) is 5.75 Å². The minimum Gasteiger partial charge on any atom is -0.495 e. The Labute approximate surface area is 113 Å². The van der Waals surface area contributed by atoms with E-state index in [1.54, 1.807) is 0 Å². The summed E-state index contributed by atoms with van der Waals surface area (Å²) >= 11 is 9.04. The number of rotatable bonds is 5. The molecule has 5 nitrogen and oxygen atoms in total. The molecule has 1 rings (SSSR count). The van der Waals surface area contributed by atoms with Crippen molar-refractivity contribution >= 4 is 37.6 Å². The Morgan fingerprint density at radius 3 is 2.71 bits per heavy atom. The van der Waals surface area contributed by atoms with Gasteiger partial charge in [-0.25, -0.2) is 13.1 Å². The van der Waals surface area contributed by atoms with Crippen LogP contribution >= 0.6 is 27.5 Å². The quantitative estimate of drug-likeness (QED) is 0.845. The van der Waals surface area contributed by atoms with Crippen molar-refractivity contribution in [1.29, 1.82) is 0 Å². The summed E-state index contributed by atoms with van der Waals surface area (Å²) in [5.74, 6) is 0.399. The summed E-state index contributed by atoms with van der Waals surface area (Å²) in [7, 11) is -2.16. The molecule has 0 unspecified atom stereocenters. The molecule has 96 valence electrons. The summed E-state index contributed by atoms with van der Waals surface area (Å²) in [6.45, 7) is 0.388. The Morgan fingerprint density at radius 2 is 2.18 bits per heavy atom. The van der Waals surface area contributed by atoms with E-state index in [0.717, 1.165) is 0 Å². The third-order valence-corrected chi connectivity index (χ3v) is 4.65. The Morgan fingerprint density at radius 1 is 1.53 bits per heavy atom. The van der Waals surface area contributed by atoms with E-state index in [1.165, 1.54) is 19.2 Å². The summed E-state index contributed by atoms with van der Waals surface area (Å²) in [5, 5.41) is 0.226. The van der Waals surface area contributed by atoms with E-state index in [2.05, 4.69) is 20.7 Å². The van der Waals surface area contributed by atoms with E-state index < -0.39 is 10.0 Å². The molecule has 0 atom stereocenters. The molecule has 17 heavy (non-hydrogen) atoms. The minimum atomic E-state index is -3.62. The van der Waals surface area contributed by atoms with Crippen LogP contribution in [0.4, 0.5) is 0 Å². The number of hydrogen-bond acceptors (Lipinski definition) is 4. The highest BCUT2D eigenvalue weighted by molar-refractivity contribution is 9.10. The van der Waals surface area contributed by atoms with Crippen LogP contribution in [0.2, 0.25) is 5.02 Å². The molecule has 0 bridgehead atoms. The highest BCUT2D eigenvalue weighted by Crippen LogP contribution is 2.33. The van der Waals surface area contributed by atoms with Crippen molar-refractivity contribution in [2.45, 2.75) is 4.90 Å². The number of hydrogen-bond donors (Lipinski definition) is 2. The van der Waals surface area contributed by atoms with Gasteiger partial charge >= 0.3 is 0 Å². The molecule has 1 aromatic carbocycles. The minimum absolute atomic E-state index is 0.0525. The number of sulfonamides is 1. The summed E-state index contributed by atoms with van der Waals surface area (Å²) < 4.78 is 31.4. The van der Waals surface area contributed by atoms with Gasteiger partial charge in [0.1, 0.15) is 5.75 Å². The summed E-state index contributed by atoms with van der Waals surface area (Å²) in [6.07, 6.45) is 0. The fourth-order valence-electron chi connectivity index (χ4n) is 1.14. The van der Waals surface area contributed by atoms with Gasteiger partial charge in [0.05, 0.1) is 17.0 Å². The van der Waals surface area contributed by atoms with E-state index in [9.17, 15) is 8.42 Å². The van der Waals surface area contributed by atoms with E-state index in [4.69, 9.17) is 22.1 Å². The predicted molar refractivity (Wildman–Crippen MR) is 69.9 cm³/mol. The fraction of sp³-hybridized carbons (Fsp3) is 0.333. The third-order valence-electron chi connectivity index (χ3n) is 1.93. The number of benzene rings is 1. The van der Waals surface area contributed by atoms with Crippen molar-refractivity contribution in [3.05, 3.63) is 21.6 Å². The Kier molecular flexibility index (Phi) is 5.21. The molecule has 0 aliphatic heterocycles. The molecule has 1 aromatic rings. The van der Waals surface area contributed by atoms with Crippen LogP contribution in [-0.4, -0.2) is 28.6 Å². The van der Waals surface area contributed by atoms with Crippen molar-refractivity contribution in [2.24, 2.45) is 5.73 Å². The molecule has 0 spiro atoms. The lowest BCUT2D eigenvalue weighted by Gasteiger charge is -2.10. The first kappa shape index (κ1) is 14.7. The van der Waals surface area contributed by atoms with Crippen LogP contribution in [0.3, 0.4) is 0 Å². The first-order chi connectivity index (χ1) is 7.92. The molecule has 0 aromatic heterocycles. The third kappa shape index (κ3) is 3.56. The van der Waals surface area contributed by atoms with Crippen molar-refractivity contribution in [1.82, 2.24) is 4.72 Å². The average molecular weight is 344 g/mol. The second kappa shape index (κ2) is 6.01. The zero-order chi connectivity index (χ0) is 13.1. The van der Waals surface area contributed by atoms with Crippen molar-refractivity contribution < 1.29 is 13.2 Å². The number of nitrogens with one attached hydrogen (secondary N) is 1. The van der Waals surface area contributed by atoms with Gasteiger partial charge in [-0.1, -0.05) is 11.6 Å². The number of ether oxygens (including phenoxy) is 1. The molecule has 0 fully saturated rings. The molecule has 0 aliphatic rings. The lowest BCUT2D eigenvalue weighted by atomic mass is 10.3. The van der Waals surface area contributed by atoms with Gasteiger partial charge in [0, 0.05) is 17.6 Å². The largest absolute Gasteiger partial charge is 0.495 e. The predicted octanol–water partition coefficient (Wildman–Crippen LogP) is 1.35.